The molecule has 22 heavy (non-hydrogen) atoms. The molecule has 0 aromatic heterocycles. The highest BCUT2D eigenvalue weighted by Gasteiger charge is 2.33. The van der Waals surface area contributed by atoms with Crippen LogP contribution >= 0.6 is 0 Å². The largest absolute Gasteiger partial charge is 0.490 e. The SMILES string of the molecule is N[C@@H]1CC[C@H](C(=O)N2CCC(Oc3ccc(F)cc3)CC2)C1. The summed E-state index contributed by atoms with van der Waals surface area (Å²) in [5.41, 5.74) is 5.89. The first-order valence-corrected chi connectivity index (χ1v) is 8.08. The summed E-state index contributed by atoms with van der Waals surface area (Å²) in [4.78, 5) is 14.4. The van der Waals surface area contributed by atoms with Gasteiger partial charge in [0.05, 0.1) is 0 Å². The first-order chi connectivity index (χ1) is 10.6. The standard InChI is InChI=1S/C17H23FN2O2/c18-13-2-5-15(6-3-13)22-16-7-9-20(10-8-16)17(21)12-1-4-14(19)11-12/h2-3,5-6,12,14,16H,1,4,7-11,19H2/t12-,14+/m0/s1. The second-order valence-corrected chi connectivity index (χ2v) is 6.37. The van der Waals surface area contributed by atoms with E-state index in [0.29, 0.717) is 5.75 Å². The number of hydrogen-bond donors (Lipinski definition) is 1. The number of hydrogen-bond acceptors (Lipinski definition) is 3. The molecule has 1 heterocycles. The number of halogens is 1. The highest BCUT2D eigenvalue weighted by atomic mass is 19.1. The van der Waals surface area contributed by atoms with Gasteiger partial charge >= 0.3 is 0 Å². The van der Waals surface area contributed by atoms with E-state index in [0.717, 1.165) is 45.2 Å². The molecule has 2 fully saturated rings. The molecule has 1 amide bonds. The average Bonchev–Trinajstić information content (AvgIpc) is 2.96. The number of piperidine rings is 1. The van der Waals surface area contributed by atoms with Crippen LogP contribution in [0.1, 0.15) is 32.1 Å². The van der Waals surface area contributed by atoms with E-state index in [2.05, 4.69) is 0 Å². The van der Waals surface area contributed by atoms with E-state index < -0.39 is 0 Å². The van der Waals surface area contributed by atoms with Gasteiger partial charge in [0.15, 0.2) is 0 Å². The lowest BCUT2D eigenvalue weighted by Gasteiger charge is -2.33. The number of benzene rings is 1. The Hall–Kier alpha value is -1.62. The lowest BCUT2D eigenvalue weighted by atomic mass is 10.0. The summed E-state index contributed by atoms with van der Waals surface area (Å²) in [6, 6.07) is 6.28. The quantitative estimate of drug-likeness (QED) is 0.932. The maximum Gasteiger partial charge on any atom is 0.225 e. The lowest BCUT2D eigenvalue weighted by molar-refractivity contribution is -0.137. The van der Waals surface area contributed by atoms with Crippen molar-refractivity contribution >= 4 is 5.91 Å². The normalized spacial score (nSPS) is 26.2. The number of ether oxygens (including phenoxy) is 1. The molecule has 1 aliphatic heterocycles. The van der Waals surface area contributed by atoms with Gasteiger partial charge in [0, 0.05) is 37.9 Å². The third kappa shape index (κ3) is 3.58. The van der Waals surface area contributed by atoms with Crippen LogP contribution in [0, 0.1) is 11.7 Å². The zero-order chi connectivity index (χ0) is 15.5. The van der Waals surface area contributed by atoms with Gasteiger partial charge in [-0.2, -0.15) is 0 Å². The van der Waals surface area contributed by atoms with Gasteiger partial charge in [-0.1, -0.05) is 0 Å². The first-order valence-electron chi connectivity index (χ1n) is 8.08. The molecule has 0 unspecified atom stereocenters. The smallest absolute Gasteiger partial charge is 0.225 e. The molecule has 1 aromatic carbocycles. The molecule has 4 nitrogen and oxygen atoms in total. The molecule has 1 aromatic rings. The van der Waals surface area contributed by atoms with Gasteiger partial charge in [0.25, 0.3) is 0 Å². The van der Waals surface area contributed by atoms with E-state index in [1.54, 1.807) is 12.1 Å². The van der Waals surface area contributed by atoms with Crippen LogP contribution in [0.15, 0.2) is 24.3 Å². The summed E-state index contributed by atoms with van der Waals surface area (Å²) in [5.74, 6) is 0.799. The van der Waals surface area contributed by atoms with Crippen LogP contribution < -0.4 is 10.5 Å². The van der Waals surface area contributed by atoms with Gasteiger partial charge in [0.2, 0.25) is 5.91 Å². The van der Waals surface area contributed by atoms with Crippen molar-refractivity contribution in [1.82, 2.24) is 4.90 Å². The van der Waals surface area contributed by atoms with E-state index in [-0.39, 0.29) is 29.8 Å². The lowest BCUT2D eigenvalue weighted by Crippen LogP contribution is -2.44. The fourth-order valence-electron chi connectivity index (χ4n) is 3.40. The summed E-state index contributed by atoms with van der Waals surface area (Å²) in [6.45, 7) is 1.47. The fraction of sp³-hybridized carbons (Fsp3) is 0.588. The maximum absolute atomic E-state index is 12.9. The third-order valence-corrected chi connectivity index (χ3v) is 4.69. The summed E-state index contributed by atoms with van der Waals surface area (Å²) >= 11 is 0. The van der Waals surface area contributed by atoms with Gasteiger partial charge < -0.3 is 15.4 Å². The topological polar surface area (TPSA) is 55.6 Å². The number of amides is 1. The molecule has 120 valence electrons. The second kappa shape index (κ2) is 6.65. The number of likely N-dealkylation sites (tertiary alicyclic amines) is 1. The molecule has 5 heteroatoms. The average molecular weight is 306 g/mol. The summed E-state index contributed by atoms with van der Waals surface area (Å²) in [5, 5.41) is 0. The minimum Gasteiger partial charge on any atom is -0.490 e. The Labute approximate surface area is 130 Å². The predicted octanol–water partition coefficient (Wildman–Crippen LogP) is 2.32. The van der Waals surface area contributed by atoms with E-state index in [4.69, 9.17) is 10.5 Å². The van der Waals surface area contributed by atoms with Crippen molar-refractivity contribution in [2.75, 3.05) is 13.1 Å². The minimum absolute atomic E-state index is 0.0975. The van der Waals surface area contributed by atoms with Gasteiger partial charge in [-0.05, 0) is 43.5 Å². The predicted molar refractivity (Wildman–Crippen MR) is 81.9 cm³/mol. The van der Waals surface area contributed by atoms with Crippen molar-refractivity contribution in [3.63, 3.8) is 0 Å². The zero-order valence-electron chi connectivity index (χ0n) is 12.7. The van der Waals surface area contributed by atoms with Crippen LogP contribution in [0.25, 0.3) is 0 Å². The molecule has 1 aliphatic carbocycles. The van der Waals surface area contributed by atoms with Crippen molar-refractivity contribution in [1.29, 1.82) is 0 Å². The summed E-state index contributed by atoms with van der Waals surface area (Å²) in [6.07, 6.45) is 4.45. The van der Waals surface area contributed by atoms with Crippen LogP contribution in [-0.2, 0) is 4.79 Å². The Kier molecular flexibility index (Phi) is 4.62. The molecule has 2 aliphatic rings. The van der Waals surface area contributed by atoms with Crippen LogP contribution in [-0.4, -0.2) is 36.0 Å². The van der Waals surface area contributed by atoms with Crippen LogP contribution in [0.5, 0.6) is 5.75 Å². The van der Waals surface area contributed by atoms with E-state index in [1.165, 1.54) is 12.1 Å². The third-order valence-electron chi connectivity index (χ3n) is 4.69. The molecule has 1 saturated carbocycles. The number of rotatable bonds is 3. The van der Waals surface area contributed by atoms with Crippen LogP contribution in [0.3, 0.4) is 0 Å². The van der Waals surface area contributed by atoms with E-state index in [1.807, 2.05) is 4.90 Å². The van der Waals surface area contributed by atoms with Crippen molar-refractivity contribution in [2.45, 2.75) is 44.2 Å². The molecule has 2 N–H and O–H groups in total. The van der Waals surface area contributed by atoms with Gasteiger partial charge in [-0.25, -0.2) is 4.39 Å². The van der Waals surface area contributed by atoms with Crippen molar-refractivity contribution in [3.8, 4) is 5.75 Å². The highest BCUT2D eigenvalue weighted by molar-refractivity contribution is 5.79. The molecule has 1 saturated heterocycles. The molecular formula is C17H23FN2O2. The molecule has 0 bridgehead atoms. The Balaban J connectivity index is 1.48. The Morgan fingerprint density at radius 2 is 1.82 bits per heavy atom. The monoisotopic (exact) mass is 306 g/mol. The Morgan fingerprint density at radius 3 is 2.41 bits per heavy atom. The maximum atomic E-state index is 12.9. The molecule has 0 spiro atoms. The number of carbonyl (C=O) groups excluding carboxylic acids is 1. The zero-order valence-corrected chi connectivity index (χ0v) is 12.7. The van der Waals surface area contributed by atoms with Crippen LogP contribution in [0.2, 0.25) is 0 Å². The van der Waals surface area contributed by atoms with Gasteiger partial charge in [-0.3, -0.25) is 4.79 Å². The van der Waals surface area contributed by atoms with Crippen molar-refractivity contribution in [3.05, 3.63) is 30.1 Å². The van der Waals surface area contributed by atoms with E-state index in [9.17, 15) is 9.18 Å². The fourth-order valence-corrected chi connectivity index (χ4v) is 3.40. The van der Waals surface area contributed by atoms with E-state index >= 15 is 0 Å². The molecule has 2 atom stereocenters. The Bertz CT molecular complexity index is 512. The minimum atomic E-state index is -0.262. The first kappa shape index (κ1) is 15.3. The summed E-state index contributed by atoms with van der Waals surface area (Å²) < 4.78 is 18.7. The van der Waals surface area contributed by atoms with Gasteiger partial charge in [-0.15, -0.1) is 0 Å². The highest BCUT2D eigenvalue weighted by Crippen LogP contribution is 2.28. The number of nitrogens with zero attached hydrogens (tertiary/aromatic N) is 1. The molecular weight excluding hydrogens is 283 g/mol. The van der Waals surface area contributed by atoms with Crippen molar-refractivity contribution in [2.24, 2.45) is 11.7 Å². The summed E-state index contributed by atoms with van der Waals surface area (Å²) in [7, 11) is 0. The molecule has 3 rings (SSSR count). The number of carbonyl (C=O) groups is 1. The number of nitrogens with two attached hydrogens (primary N) is 1. The second-order valence-electron chi connectivity index (χ2n) is 6.37. The van der Waals surface area contributed by atoms with Crippen molar-refractivity contribution < 1.29 is 13.9 Å². The van der Waals surface area contributed by atoms with Crippen LogP contribution in [0.4, 0.5) is 4.39 Å². The van der Waals surface area contributed by atoms with Gasteiger partial charge in [0.1, 0.15) is 17.7 Å². The molecule has 0 radical (unpaired) electrons. The Morgan fingerprint density at radius 1 is 1.14 bits per heavy atom.